The molecular formula is C22H21BrN2O4. The lowest BCUT2D eigenvalue weighted by Crippen LogP contribution is -2.43. The lowest BCUT2D eigenvalue weighted by molar-refractivity contribution is -0.123. The Kier molecular flexibility index (Phi) is 6.72. The second kappa shape index (κ2) is 9.43. The van der Waals surface area contributed by atoms with Gasteiger partial charge in [-0.25, -0.2) is 0 Å². The predicted molar refractivity (Wildman–Crippen MR) is 115 cm³/mol. The minimum Gasteiger partial charge on any atom is -0.490 e. The van der Waals surface area contributed by atoms with E-state index in [2.05, 4.69) is 26.8 Å². The Hall–Kier alpha value is -3.06. The minimum absolute atomic E-state index is 0.0212. The summed E-state index contributed by atoms with van der Waals surface area (Å²) in [5.41, 5.74) is 5.09. The van der Waals surface area contributed by atoms with Crippen molar-refractivity contribution in [2.24, 2.45) is 0 Å². The zero-order chi connectivity index (χ0) is 20.8. The van der Waals surface area contributed by atoms with Gasteiger partial charge in [0, 0.05) is 5.56 Å². The molecule has 0 atom stereocenters. The molecule has 0 bridgehead atoms. The van der Waals surface area contributed by atoms with Crippen LogP contribution < -0.4 is 20.3 Å². The molecule has 0 saturated heterocycles. The monoisotopic (exact) mass is 456 g/mol. The first-order valence-electron chi connectivity index (χ1n) is 9.09. The molecule has 29 heavy (non-hydrogen) atoms. The predicted octanol–water partition coefficient (Wildman–Crippen LogP) is 4.23. The number of hydrazine groups is 1. The Balaban J connectivity index is 1.50. The summed E-state index contributed by atoms with van der Waals surface area (Å²) in [7, 11) is 0. The zero-order valence-electron chi connectivity index (χ0n) is 16.1. The summed E-state index contributed by atoms with van der Waals surface area (Å²) in [6.45, 7) is 3.62. The Morgan fingerprint density at radius 1 is 0.966 bits per heavy atom. The first-order chi connectivity index (χ1) is 13.9. The van der Waals surface area contributed by atoms with Crippen LogP contribution in [0.25, 0.3) is 10.8 Å². The number of hydrogen-bond donors (Lipinski definition) is 2. The van der Waals surface area contributed by atoms with Crippen molar-refractivity contribution in [1.29, 1.82) is 0 Å². The van der Waals surface area contributed by atoms with Crippen LogP contribution in [0.1, 0.15) is 24.2 Å². The van der Waals surface area contributed by atoms with Gasteiger partial charge < -0.3 is 9.47 Å². The number of benzene rings is 3. The first-order valence-corrected chi connectivity index (χ1v) is 9.88. The maximum Gasteiger partial charge on any atom is 0.276 e. The lowest BCUT2D eigenvalue weighted by Gasteiger charge is -2.13. The normalized spacial score (nSPS) is 10.6. The molecule has 3 aromatic rings. The van der Waals surface area contributed by atoms with Gasteiger partial charge in [-0.05, 0) is 70.9 Å². The number of fused-ring (bicyclic) bond motifs is 1. The van der Waals surface area contributed by atoms with Crippen molar-refractivity contribution in [1.82, 2.24) is 10.9 Å². The number of carbonyl (C=O) groups is 2. The summed E-state index contributed by atoms with van der Waals surface area (Å²) >= 11 is 3.38. The highest BCUT2D eigenvalue weighted by atomic mass is 79.9. The molecule has 0 aliphatic carbocycles. The summed E-state index contributed by atoms with van der Waals surface area (Å²) in [5.74, 6) is 0.311. The van der Waals surface area contributed by atoms with Crippen molar-refractivity contribution in [3.05, 3.63) is 70.7 Å². The molecule has 0 aliphatic rings. The number of nitrogens with one attached hydrogen (secondary N) is 2. The average molecular weight is 457 g/mol. The van der Waals surface area contributed by atoms with Crippen LogP contribution in [0.2, 0.25) is 0 Å². The third kappa shape index (κ3) is 5.71. The van der Waals surface area contributed by atoms with Gasteiger partial charge in [0.1, 0.15) is 11.5 Å². The van der Waals surface area contributed by atoms with E-state index in [1.54, 1.807) is 24.3 Å². The summed E-state index contributed by atoms with van der Waals surface area (Å²) in [6, 6.07) is 18.4. The van der Waals surface area contributed by atoms with Gasteiger partial charge in [-0.3, -0.25) is 20.4 Å². The summed E-state index contributed by atoms with van der Waals surface area (Å²) in [5, 5.41) is 2.11. The lowest BCUT2D eigenvalue weighted by atomic mass is 10.1. The van der Waals surface area contributed by atoms with E-state index < -0.39 is 11.8 Å². The molecule has 3 rings (SSSR count). The molecule has 3 aromatic carbocycles. The Labute approximate surface area is 177 Å². The summed E-state index contributed by atoms with van der Waals surface area (Å²) in [4.78, 5) is 24.2. The van der Waals surface area contributed by atoms with Crippen LogP contribution in [0.4, 0.5) is 0 Å². The van der Waals surface area contributed by atoms with Crippen LogP contribution in [0.5, 0.6) is 11.5 Å². The number of ether oxygens (including phenoxy) is 2. The fourth-order valence-corrected chi connectivity index (χ4v) is 3.10. The molecule has 0 aromatic heterocycles. The molecule has 0 spiro atoms. The fourth-order valence-electron chi connectivity index (χ4n) is 2.63. The van der Waals surface area contributed by atoms with E-state index in [4.69, 9.17) is 9.47 Å². The zero-order valence-corrected chi connectivity index (χ0v) is 17.7. The molecular weight excluding hydrogens is 436 g/mol. The second-order valence-corrected chi connectivity index (χ2v) is 7.47. The highest BCUT2D eigenvalue weighted by Gasteiger charge is 2.11. The number of halogens is 1. The largest absolute Gasteiger partial charge is 0.490 e. The standard InChI is InChI=1S/C22H21BrN2O4/c1-14(2)29-20-10-8-17(12-19(20)23)22(27)25-24-21(26)13-28-18-9-7-15-5-3-4-6-16(15)11-18/h3-12,14H,13H2,1-2H3,(H,24,26)(H,25,27). The summed E-state index contributed by atoms with van der Waals surface area (Å²) < 4.78 is 11.8. The molecule has 0 aliphatic heterocycles. The van der Waals surface area contributed by atoms with Crippen LogP contribution in [0.3, 0.4) is 0 Å². The quantitative estimate of drug-likeness (QED) is 0.544. The number of hydrogen-bond acceptors (Lipinski definition) is 4. The maximum absolute atomic E-state index is 12.2. The van der Waals surface area contributed by atoms with Crippen LogP contribution in [-0.4, -0.2) is 24.5 Å². The third-order valence-corrected chi connectivity index (χ3v) is 4.58. The Morgan fingerprint density at radius 3 is 2.45 bits per heavy atom. The van der Waals surface area contributed by atoms with E-state index >= 15 is 0 Å². The van der Waals surface area contributed by atoms with Crippen molar-refractivity contribution in [3.8, 4) is 11.5 Å². The maximum atomic E-state index is 12.2. The molecule has 0 unspecified atom stereocenters. The van der Waals surface area contributed by atoms with E-state index in [1.807, 2.05) is 50.2 Å². The molecule has 0 radical (unpaired) electrons. The minimum atomic E-state index is -0.467. The van der Waals surface area contributed by atoms with Gasteiger partial charge in [0.2, 0.25) is 0 Å². The molecule has 0 fully saturated rings. The molecule has 2 amide bonds. The molecule has 2 N–H and O–H groups in total. The Morgan fingerprint density at radius 2 is 1.72 bits per heavy atom. The second-order valence-electron chi connectivity index (χ2n) is 6.61. The highest BCUT2D eigenvalue weighted by Crippen LogP contribution is 2.27. The van der Waals surface area contributed by atoms with Crippen LogP contribution in [0.15, 0.2) is 65.1 Å². The van der Waals surface area contributed by atoms with Crippen LogP contribution >= 0.6 is 15.9 Å². The van der Waals surface area contributed by atoms with Crippen molar-refractivity contribution in [2.75, 3.05) is 6.61 Å². The molecule has 7 heteroatoms. The van der Waals surface area contributed by atoms with E-state index in [0.717, 1.165) is 10.8 Å². The first kappa shape index (κ1) is 20.7. The molecule has 150 valence electrons. The van der Waals surface area contributed by atoms with E-state index in [0.29, 0.717) is 21.5 Å². The van der Waals surface area contributed by atoms with Gasteiger partial charge in [0.15, 0.2) is 6.61 Å². The fraction of sp³-hybridized carbons (Fsp3) is 0.182. The van der Waals surface area contributed by atoms with Crippen molar-refractivity contribution < 1.29 is 19.1 Å². The van der Waals surface area contributed by atoms with Crippen LogP contribution in [0, 0.1) is 0 Å². The van der Waals surface area contributed by atoms with Gasteiger partial charge in [-0.1, -0.05) is 30.3 Å². The van der Waals surface area contributed by atoms with Crippen molar-refractivity contribution in [3.63, 3.8) is 0 Å². The SMILES string of the molecule is CC(C)Oc1ccc(C(=O)NNC(=O)COc2ccc3ccccc3c2)cc1Br. The molecule has 0 heterocycles. The number of amides is 2. The molecule has 0 saturated carbocycles. The smallest absolute Gasteiger partial charge is 0.276 e. The van der Waals surface area contributed by atoms with Gasteiger partial charge in [-0.2, -0.15) is 0 Å². The Bertz CT molecular complexity index is 1040. The molecule has 6 nitrogen and oxygen atoms in total. The highest BCUT2D eigenvalue weighted by molar-refractivity contribution is 9.10. The van der Waals surface area contributed by atoms with Crippen molar-refractivity contribution in [2.45, 2.75) is 20.0 Å². The summed E-state index contributed by atoms with van der Waals surface area (Å²) in [6.07, 6.45) is 0.0212. The average Bonchev–Trinajstić information content (AvgIpc) is 2.71. The van der Waals surface area contributed by atoms with E-state index in [9.17, 15) is 9.59 Å². The third-order valence-electron chi connectivity index (χ3n) is 3.96. The van der Waals surface area contributed by atoms with Gasteiger partial charge >= 0.3 is 0 Å². The topological polar surface area (TPSA) is 76.7 Å². The van der Waals surface area contributed by atoms with Gasteiger partial charge in [-0.15, -0.1) is 0 Å². The van der Waals surface area contributed by atoms with Gasteiger partial charge in [0.25, 0.3) is 11.8 Å². The number of rotatable bonds is 6. The van der Waals surface area contributed by atoms with Gasteiger partial charge in [0.05, 0.1) is 10.6 Å². The number of carbonyl (C=O) groups excluding carboxylic acids is 2. The van der Waals surface area contributed by atoms with Crippen molar-refractivity contribution >= 4 is 38.5 Å². The van der Waals surface area contributed by atoms with E-state index in [-0.39, 0.29) is 12.7 Å². The van der Waals surface area contributed by atoms with E-state index in [1.165, 1.54) is 0 Å². The van der Waals surface area contributed by atoms with Crippen LogP contribution in [-0.2, 0) is 4.79 Å².